The average molecular weight is 269 g/mol. The summed E-state index contributed by atoms with van der Waals surface area (Å²) in [6, 6.07) is 17.4. The van der Waals surface area contributed by atoms with E-state index in [1.807, 2.05) is 48.5 Å². The van der Waals surface area contributed by atoms with Crippen LogP contribution in [0.1, 0.15) is 33.8 Å². The number of carbonyl (C=O) groups excluding carboxylic acids is 1. The Labute approximate surface area is 119 Å². The first-order chi connectivity index (χ1) is 9.72. The van der Waals surface area contributed by atoms with Crippen LogP contribution >= 0.6 is 0 Å². The van der Waals surface area contributed by atoms with E-state index in [0.717, 1.165) is 5.56 Å². The molecule has 3 nitrogen and oxygen atoms in total. The number of rotatable bonds is 6. The van der Waals surface area contributed by atoms with E-state index in [-0.39, 0.29) is 12.5 Å². The third-order valence-corrected chi connectivity index (χ3v) is 3.50. The molecule has 0 aromatic heterocycles. The topological polar surface area (TPSA) is 63.3 Å². The fourth-order valence-corrected chi connectivity index (χ4v) is 2.47. The fourth-order valence-electron chi connectivity index (χ4n) is 2.47. The lowest BCUT2D eigenvalue weighted by Crippen LogP contribution is -2.15. The first kappa shape index (κ1) is 14.3. The summed E-state index contributed by atoms with van der Waals surface area (Å²) in [5.41, 5.74) is 8.08. The molecule has 0 radical (unpaired) electrons. The molecule has 0 saturated heterocycles. The maximum absolute atomic E-state index is 11.5. The largest absolute Gasteiger partial charge is 0.396 e. The number of carbonyl (C=O) groups is 1. The zero-order valence-corrected chi connectivity index (χ0v) is 11.3. The Hall–Kier alpha value is -2.13. The Balaban J connectivity index is 2.27. The van der Waals surface area contributed by atoms with E-state index in [4.69, 9.17) is 5.73 Å². The summed E-state index contributed by atoms with van der Waals surface area (Å²) in [6.07, 6.45) is 1.36. The summed E-state index contributed by atoms with van der Waals surface area (Å²) in [6.45, 7) is 0.123. The molecule has 0 aliphatic rings. The maximum atomic E-state index is 11.5. The highest BCUT2D eigenvalue weighted by Crippen LogP contribution is 2.25. The number of nitrogens with two attached hydrogens (primary N) is 1. The Morgan fingerprint density at radius 1 is 1.05 bits per heavy atom. The van der Waals surface area contributed by atoms with Gasteiger partial charge in [-0.1, -0.05) is 48.5 Å². The van der Waals surface area contributed by atoms with E-state index in [1.165, 1.54) is 5.56 Å². The van der Waals surface area contributed by atoms with Crippen LogP contribution < -0.4 is 5.73 Å². The Morgan fingerprint density at radius 2 is 1.70 bits per heavy atom. The van der Waals surface area contributed by atoms with Gasteiger partial charge in [0.05, 0.1) is 0 Å². The zero-order chi connectivity index (χ0) is 14.4. The van der Waals surface area contributed by atoms with Gasteiger partial charge in [-0.3, -0.25) is 4.79 Å². The number of primary amides is 1. The SMILES string of the molecule is NC(=O)c1ccccc1CC(CCO)c1ccccc1. The molecule has 2 rings (SSSR count). The number of benzene rings is 2. The lowest BCUT2D eigenvalue weighted by molar-refractivity contribution is 0.0999. The number of hydrogen-bond donors (Lipinski definition) is 2. The second-order valence-corrected chi connectivity index (χ2v) is 4.85. The van der Waals surface area contributed by atoms with Gasteiger partial charge in [-0.2, -0.15) is 0 Å². The quantitative estimate of drug-likeness (QED) is 0.846. The molecule has 2 aromatic carbocycles. The van der Waals surface area contributed by atoms with Gasteiger partial charge in [0.25, 0.3) is 0 Å². The predicted molar refractivity (Wildman–Crippen MR) is 79.5 cm³/mol. The number of aliphatic hydroxyl groups excluding tert-OH is 1. The summed E-state index contributed by atoms with van der Waals surface area (Å²) in [4.78, 5) is 11.5. The van der Waals surface area contributed by atoms with Gasteiger partial charge >= 0.3 is 0 Å². The van der Waals surface area contributed by atoms with Crippen LogP contribution in [-0.4, -0.2) is 17.6 Å². The number of aliphatic hydroxyl groups is 1. The van der Waals surface area contributed by atoms with Crippen molar-refractivity contribution in [1.82, 2.24) is 0 Å². The highest BCUT2D eigenvalue weighted by Gasteiger charge is 2.15. The van der Waals surface area contributed by atoms with E-state index in [0.29, 0.717) is 18.4 Å². The summed E-state index contributed by atoms with van der Waals surface area (Å²) >= 11 is 0. The molecule has 0 spiro atoms. The van der Waals surface area contributed by atoms with E-state index < -0.39 is 5.91 Å². The van der Waals surface area contributed by atoms with Crippen LogP contribution in [0, 0.1) is 0 Å². The van der Waals surface area contributed by atoms with E-state index in [2.05, 4.69) is 0 Å². The first-order valence-corrected chi connectivity index (χ1v) is 6.76. The van der Waals surface area contributed by atoms with Crippen LogP contribution in [0.25, 0.3) is 0 Å². The molecule has 2 aromatic rings. The second-order valence-electron chi connectivity index (χ2n) is 4.85. The second kappa shape index (κ2) is 6.87. The van der Waals surface area contributed by atoms with Crippen LogP contribution in [0.15, 0.2) is 54.6 Å². The lowest BCUT2D eigenvalue weighted by Gasteiger charge is -2.17. The van der Waals surface area contributed by atoms with Crippen molar-refractivity contribution in [2.24, 2.45) is 5.73 Å². The normalized spacial score (nSPS) is 12.1. The van der Waals surface area contributed by atoms with E-state index >= 15 is 0 Å². The van der Waals surface area contributed by atoms with E-state index in [9.17, 15) is 9.90 Å². The van der Waals surface area contributed by atoms with Crippen molar-refractivity contribution in [1.29, 1.82) is 0 Å². The molecule has 1 unspecified atom stereocenters. The lowest BCUT2D eigenvalue weighted by atomic mass is 9.88. The molecule has 0 heterocycles. The van der Waals surface area contributed by atoms with Crippen molar-refractivity contribution < 1.29 is 9.90 Å². The average Bonchev–Trinajstić information content (AvgIpc) is 2.48. The van der Waals surface area contributed by atoms with Gasteiger partial charge in [0.1, 0.15) is 0 Å². The minimum Gasteiger partial charge on any atom is -0.396 e. The Bertz CT molecular complexity index is 566. The molecule has 20 heavy (non-hydrogen) atoms. The van der Waals surface area contributed by atoms with Gasteiger partial charge in [0.2, 0.25) is 5.91 Å². The predicted octanol–water partition coefficient (Wildman–Crippen LogP) is 2.49. The summed E-state index contributed by atoms with van der Waals surface area (Å²) in [5, 5.41) is 9.26. The number of amides is 1. The third kappa shape index (κ3) is 3.45. The molecule has 1 amide bonds. The molecule has 0 fully saturated rings. The van der Waals surface area contributed by atoms with Crippen molar-refractivity contribution in [2.45, 2.75) is 18.8 Å². The molecule has 3 heteroatoms. The molecule has 3 N–H and O–H groups in total. The highest BCUT2D eigenvalue weighted by molar-refractivity contribution is 5.94. The Kier molecular flexibility index (Phi) is 4.91. The van der Waals surface area contributed by atoms with Gasteiger partial charge in [-0.15, -0.1) is 0 Å². The monoisotopic (exact) mass is 269 g/mol. The number of hydrogen-bond acceptors (Lipinski definition) is 2. The third-order valence-electron chi connectivity index (χ3n) is 3.50. The molecule has 0 aliphatic carbocycles. The standard InChI is InChI=1S/C17H19NO2/c18-17(20)16-9-5-4-8-15(16)12-14(10-11-19)13-6-2-1-3-7-13/h1-9,14,19H,10-12H2,(H2,18,20). The summed E-state index contributed by atoms with van der Waals surface area (Å²) in [5.74, 6) is -0.224. The molecule has 0 aliphatic heterocycles. The smallest absolute Gasteiger partial charge is 0.248 e. The fraction of sp³-hybridized carbons (Fsp3) is 0.235. The van der Waals surface area contributed by atoms with Crippen molar-refractivity contribution in [3.05, 3.63) is 71.3 Å². The molecule has 0 bridgehead atoms. The molecule has 1 atom stereocenters. The molecule has 0 saturated carbocycles. The van der Waals surface area contributed by atoms with Gasteiger partial charge in [-0.05, 0) is 36.0 Å². The van der Waals surface area contributed by atoms with Crippen molar-refractivity contribution >= 4 is 5.91 Å². The van der Waals surface area contributed by atoms with Crippen LogP contribution in [0.4, 0.5) is 0 Å². The van der Waals surface area contributed by atoms with Gasteiger partial charge in [0, 0.05) is 12.2 Å². The van der Waals surface area contributed by atoms with Crippen molar-refractivity contribution in [3.63, 3.8) is 0 Å². The first-order valence-electron chi connectivity index (χ1n) is 6.76. The molecular formula is C17H19NO2. The van der Waals surface area contributed by atoms with Gasteiger partial charge in [-0.25, -0.2) is 0 Å². The molecular weight excluding hydrogens is 250 g/mol. The maximum Gasteiger partial charge on any atom is 0.248 e. The van der Waals surface area contributed by atoms with Gasteiger partial charge < -0.3 is 10.8 Å². The van der Waals surface area contributed by atoms with Gasteiger partial charge in [0.15, 0.2) is 0 Å². The summed E-state index contributed by atoms with van der Waals surface area (Å²) < 4.78 is 0. The van der Waals surface area contributed by atoms with Crippen molar-refractivity contribution in [3.8, 4) is 0 Å². The van der Waals surface area contributed by atoms with Crippen molar-refractivity contribution in [2.75, 3.05) is 6.61 Å². The van der Waals surface area contributed by atoms with Crippen LogP contribution in [0.5, 0.6) is 0 Å². The van der Waals surface area contributed by atoms with Crippen LogP contribution in [0.3, 0.4) is 0 Å². The minimum atomic E-state index is -0.406. The minimum absolute atomic E-state index is 0.123. The Morgan fingerprint density at radius 3 is 2.35 bits per heavy atom. The van der Waals surface area contributed by atoms with E-state index in [1.54, 1.807) is 6.07 Å². The van der Waals surface area contributed by atoms with Crippen LogP contribution in [0.2, 0.25) is 0 Å². The highest BCUT2D eigenvalue weighted by atomic mass is 16.3. The zero-order valence-electron chi connectivity index (χ0n) is 11.3. The summed E-state index contributed by atoms with van der Waals surface area (Å²) in [7, 11) is 0. The molecule has 104 valence electrons. The van der Waals surface area contributed by atoms with Crippen LogP contribution in [-0.2, 0) is 6.42 Å².